The van der Waals surface area contributed by atoms with Crippen LogP contribution in [0.5, 0.6) is 0 Å². The molecular formula is C11H9ClFN3O2S. The summed E-state index contributed by atoms with van der Waals surface area (Å²) in [5.74, 6) is -0.795. The van der Waals surface area contributed by atoms with E-state index in [-0.39, 0.29) is 21.3 Å². The van der Waals surface area contributed by atoms with Crippen molar-refractivity contribution >= 4 is 33.0 Å². The molecule has 3 N–H and O–H groups in total. The minimum absolute atomic E-state index is 0.0190. The first-order valence-electron chi connectivity index (χ1n) is 5.08. The third-order valence-electron chi connectivity index (χ3n) is 2.28. The van der Waals surface area contributed by atoms with E-state index in [0.29, 0.717) is 0 Å². The van der Waals surface area contributed by atoms with E-state index in [9.17, 15) is 12.8 Å². The largest absolute Gasteiger partial charge is 0.398 e. The van der Waals surface area contributed by atoms with Crippen LogP contribution in [0.3, 0.4) is 0 Å². The molecule has 0 saturated carbocycles. The molecule has 2 rings (SSSR count). The lowest BCUT2D eigenvalue weighted by Gasteiger charge is -2.11. The topological polar surface area (TPSA) is 85.1 Å². The van der Waals surface area contributed by atoms with Crippen molar-refractivity contribution in [2.24, 2.45) is 0 Å². The van der Waals surface area contributed by atoms with Gasteiger partial charge in [0.2, 0.25) is 0 Å². The molecule has 2 aromatic rings. The van der Waals surface area contributed by atoms with Gasteiger partial charge in [-0.25, -0.2) is 12.8 Å². The maximum atomic E-state index is 13.4. The molecule has 0 fully saturated rings. The van der Waals surface area contributed by atoms with Gasteiger partial charge >= 0.3 is 0 Å². The number of rotatable bonds is 3. The number of halogens is 2. The number of nitrogen functional groups attached to an aromatic ring is 1. The molecule has 1 heterocycles. The van der Waals surface area contributed by atoms with Gasteiger partial charge in [0.15, 0.2) is 5.82 Å². The molecule has 0 aliphatic carbocycles. The fraction of sp³-hybridized carbons (Fsp3) is 0. The summed E-state index contributed by atoms with van der Waals surface area (Å²) >= 11 is 5.81. The Morgan fingerprint density at radius 1 is 1.32 bits per heavy atom. The van der Waals surface area contributed by atoms with Gasteiger partial charge in [-0.15, -0.1) is 0 Å². The first-order chi connectivity index (χ1) is 8.92. The van der Waals surface area contributed by atoms with Gasteiger partial charge in [-0.2, -0.15) is 0 Å². The van der Waals surface area contributed by atoms with E-state index < -0.39 is 15.8 Å². The van der Waals surface area contributed by atoms with Crippen molar-refractivity contribution in [3.05, 3.63) is 47.5 Å². The number of anilines is 2. The zero-order valence-electron chi connectivity index (χ0n) is 9.47. The molecule has 0 unspecified atom stereocenters. The highest BCUT2D eigenvalue weighted by Crippen LogP contribution is 2.29. The van der Waals surface area contributed by atoms with Crippen molar-refractivity contribution in [1.29, 1.82) is 0 Å². The molecule has 0 saturated heterocycles. The molecule has 8 heteroatoms. The number of hydrogen-bond donors (Lipinski definition) is 2. The summed E-state index contributed by atoms with van der Waals surface area (Å²) in [5, 5.41) is -0.0398. The zero-order valence-corrected chi connectivity index (χ0v) is 11.0. The van der Waals surface area contributed by atoms with Gasteiger partial charge in [-0.3, -0.25) is 9.71 Å². The summed E-state index contributed by atoms with van der Waals surface area (Å²) in [4.78, 5) is 3.24. The highest BCUT2D eigenvalue weighted by atomic mass is 35.5. The Kier molecular flexibility index (Phi) is 3.59. The summed E-state index contributed by atoms with van der Waals surface area (Å²) in [6, 6.07) is 5.49. The lowest BCUT2D eigenvalue weighted by atomic mass is 10.3. The highest BCUT2D eigenvalue weighted by Gasteiger charge is 2.22. The lowest BCUT2D eigenvalue weighted by Crippen LogP contribution is -2.16. The van der Waals surface area contributed by atoms with Gasteiger partial charge < -0.3 is 5.73 Å². The maximum absolute atomic E-state index is 13.4. The number of aromatic nitrogens is 1. The molecule has 100 valence electrons. The highest BCUT2D eigenvalue weighted by molar-refractivity contribution is 7.93. The van der Waals surface area contributed by atoms with Crippen molar-refractivity contribution in [3.63, 3.8) is 0 Å². The van der Waals surface area contributed by atoms with Crippen LogP contribution in [0.15, 0.2) is 41.6 Å². The van der Waals surface area contributed by atoms with Crippen LogP contribution in [-0.4, -0.2) is 13.4 Å². The van der Waals surface area contributed by atoms with Crippen LogP contribution in [-0.2, 0) is 10.0 Å². The quantitative estimate of drug-likeness (QED) is 0.852. The first-order valence-corrected chi connectivity index (χ1v) is 6.94. The Balaban J connectivity index is 2.47. The van der Waals surface area contributed by atoms with Gasteiger partial charge in [0.25, 0.3) is 10.0 Å². The fourth-order valence-corrected chi connectivity index (χ4v) is 3.21. The van der Waals surface area contributed by atoms with Crippen LogP contribution < -0.4 is 10.5 Å². The van der Waals surface area contributed by atoms with Gasteiger partial charge in [-0.1, -0.05) is 17.7 Å². The monoisotopic (exact) mass is 301 g/mol. The molecule has 0 atom stereocenters. The van der Waals surface area contributed by atoms with Crippen LogP contribution in [0.2, 0.25) is 5.02 Å². The molecular weight excluding hydrogens is 293 g/mol. The van der Waals surface area contributed by atoms with Crippen molar-refractivity contribution in [2.45, 2.75) is 4.90 Å². The lowest BCUT2D eigenvalue weighted by molar-refractivity contribution is 0.598. The fourth-order valence-electron chi connectivity index (χ4n) is 1.46. The van der Waals surface area contributed by atoms with Crippen LogP contribution in [0.4, 0.5) is 15.8 Å². The second kappa shape index (κ2) is 5.02. The molecule has 0 radical (unpaired) electrons. The Labute approximate surface area is 114 Å². The van der Waals surface area contributed by atoms with E-state index in [1.54, 1.807) is 0 Å². The summed E-state index contributed by atoms with van der Waals surface area (Å²) in [6.45, 7) is 0. The average molecular weight is 302 g/mol. The van der Waals surface area contributed by atoms with Crippen LogP contribution >= 0.6 is 11.6 Å². The second-order valence-corrected chi connectivity index (χ2v) is 5.65. The predicted molar refractivity (Wildman–Crippen MR) is 70.9 cm³/mol. The number of pyridine rings is 1. The third-order valence-corrected chi connectivity index (χ3v) is 4.19. The molecule has 0 spiro atoms. The molecule has 1 aromatic carbocycles. The number of nitrogens with two attached hydrogens (primary N) is 1. The Bertz CT molecular complexity index is 701. The summed E-state index contributed by atoms with van der Waals surface area (Å²) in [7, 11) is -4.07. The van der Waals surface area contributed by atoms with E-state index in [4.69, 9.17) is 17.3 Å². The average Bonchev–Trinajstić information content (AvgIpc) is 2.31. The van der Waals surface area contributed by atoms with E-state index >= 15 is 0 Å². The van der Waals surface area contributed by atoms with Gasteiger partial charge in [-0.05, 0) is 18.2 Å². The summed E-state index contributed by atoms with van der Waals surface area (Å²) in [5.41, 5.74) is 5.34. The maximum Gasteiger partial charge on any atom is 0.265 e. The van der Waals surface area contributed by atoms with E-state index in [1.165, 1.54) is 30.5 Å². The normalized spacial score (nSPS) is 11.3. The molecule has 0 aliphatic heterocycles. The third kappa shape index (κ3) is 2.77. The van der Waals surface area contributed by atoms with Crippen LogP contribution in [0.25, 0.3) is 0 Å². The molecule has 5 nitrogen and oxygen atoms in total. The molecule has 0 amide bonds. The van der Waals surface area contributed by atoms with Gasteiger partial charge in [0, 0.05) is 6.20 Å². The summed E-state index contributed by atoms with van der Waals surface area (Å²) in [6.07, 6.45) is 2.16. The number of benzene rings is 1. The number of nitrogens with one attached hydrogen (secondary N) is 1. The van der Waals surface area contributed by atoms with Crippen LogP contribution in [0, 0.1) is 5.82 Å². The molecule has 19 heavy (non-hydrogen) atoms. The molecule has 1 aromatic heterocycles. The standard InChI is InChI=1S/C11H9ClFN3O2S/c12-7-2-1-3-9(14)11(7)19(17,18)16-10-4-5-15-6-8(10)13/h1-6H,14H2,(H,15,16). The number of sulfonamides is 1. The van der Waals surface area contributed by atoms with Gasteiger partial charge in [0.05, 0.1) is 22.6 Å². The minimum Gasteiger partial charge on any atom is -0.398 e. The number of nitrogens with zero attached hydrogens (tertiary/aromatic N) is 1. The summed E-state index contributed by atoms with van der Waals surface area (Å²) < 4.78 is 39.7. The molecule has 0 aliphatic rings. The van der Waals surface area contributed by atoms with Gasteiger partial charge in [0.1, 0.15) is 4.90 Å². The zero-order chi connectivity index (χ0) is 14.0. The predicted octanol–water partition coefficient (Wildman–Crippen LogP) is 2.26. The minimum atomic E-state index is -4.07. The van der Waals surface area contributed by atoms with Crippen molar-refractivity contribution in [1.82, 2.24) is 4.98 Å². The molecule has 0 bridgehead atoms. The Morgan fingerprint density at radius 2 is 2.05 bits per heavy atom. The first kappa shape index (κ1) is 13.6. The smallest absolute Gasteiger partial charge is 0.265 e. The van der Waals surface area contributed by atoms with E-state index in [2.05, 4.69) is 9.71 Å². The second-order valence-electron chi connectivity index (χ2n) is 3.62. The Morgan fingerprint density at radius 3 is 2.68 bits per heavy atom. The van der Waals surface area contributed by atoms with E-state index in [0.717, 1.165) is 6.20 Å². The Hall–Kier alpha value is -1.86. The SMILES string of the molecule is Nc1cccc(Cl)c1S(=O)(=O)Nc1ccncc1F. The number of hydrogen-bond acceptors (Lipinski definition) is 4. The van der Waals surface area contributed by atoms with Crippen molar-refractivity contribution < 1.29 is 12.8 Å². The van der Waals surface area contributed by atoms with E-state index in [1.807, 2.05) is 0 Å². The van der Waals surface area contributed by atoms with Crippen molar-refractivity contribution in [2.75, 3.05) is 10.5 Å². The van der Waals surface area contributed by atoms with Crippen molar-refractivity contribution in [3.8, 4) is 0 Å². The van der Waals surface area contributed by atoms with Crippen LogP contribution in [0.1, 0.15) is 0 Å².